The van der Waals surface area contributed by atoms with E-state index in [1.807, 2.05) is 0 Å². The standard InChI is InChI=1S/C25H29O8P/c1-3-5-7-9-11-13-15-17-19-24(26)31-21-23(22-32-34(28,29)30)33-25(27)20-18-16-14-12-10-8-6-4-2/h1,23H,4,6,8,10,12,14,16,18,20-22H2,2H3,(H2,28,29,30)/t23-/m1/s1. The van der Waals surface area contributed by atoms with E-state index >= 15 is 0 Å². The molecule has 0 unspecified atom stereocenters. The maximum Gasteiger partial charge on any atom is 0.469 e. The number of terminal acetylenes is 1. The maximum absolute atomic E-state index is 12.0. The summed E-state index contributed by atoms with van der Waals surface area (Å²) >= 11 is 0. The monoisotopic (exact) mass is 488 g/mol. The van der Waals surface area contributed by atoms with Crippen LogP contribution in [0.2, 0.25) is 0 Å². The Kier molecular flexibility index (Phi) is 18.6. The van der Waals surface area contributed by atoms with Crippen LogP contribution in [0.15, 0.2) is 0 Å². The lowest BCUT2D eigenvalue weighted by Gasteiger charge is -2.17. The Morgan fingerprint density at radius 2 is 1.41 bits per heavy atom. The third kappa shape index (κ3) is 22.1. The van der Waals surface area contributed by atoms with Crippen molar-refractivity contribution in [1.29, 1.82) is 0 Å². The molecule has 2 N–H and O–H groups in total. The van der Waals surface area contributed by atoms with Crippen LogP contribution in [0.5, 0.6) is 0 Å². The molecular formula is C25H29O8P. The van der Waals surface area contributed by atoms with Crippen LogP contribution in [0.25, 0.3) is 0 Å². The van der Waals surface area contributed by atoms with Crippen molar-refractivity contribution in [1.82, 2.24) is 0 Å². The van der Waals surface area contributed by atoms with Gasteiger partial charge in [-0.1, -0.05) is 51.9 Å². The molecule has 0 rings (SSSR count). The van der Waals surface area contributed by atoms with Crippen molar-refractivity contribution in [3.05, 3.63) is 0 Å². The molecule has 0 aromatic rings. The van der Waals surface area contributed by atoms with E-state index in [0.717, 1.165) is 19.3 Å². The van der Waals surface area contributed by atoms with Gasteiger partial charge < -0.3 is 19.3 Å². The normalized spacial score (nSPS) is 10.3. The van der Waals surface area contributed by atoms with Crippen LogP contribution in [-0.2, 0) is 28.2 Å². The molecule has 182 valence electrons. The lowest BCUT2D eigenvalue weighted by atomic mass is 10.1. The molecule has 34 heavy (non-hydrogen) atoms. The molecule has 0 radical (unpaired) electrons. The van der Waals surface area contributed by atoms with Crippen LogP contribution >= 0.6 is 7.82 Å². The lowest BCUT2D eigenvalue weighted by molar-refractivity contribution is -0.158. The molecule has 0 aliphatic carbocycles. The number of unbranched alkanes of at least 4 members (excludes halogenated alkanes) is 7. The van der Waals surface area contributed by atoms with Crippen LogP contribution in [-0.4, -0.2) is 41.0 Å². The first-order valence-electron chi connectivity index (χ1n) is 10.8. The Bertz CT molecular complexity index is 973. The van der Waals surface area contributed by atoms with Crippen LogP contribution in [0.4, 0.5) is 0 Å². The summed E-state index contributed by atoms with van der Waals surface area (Å²) in [5.74, 6) is 18.7. The number of phosphoric acid groups is 1. The van der Waals surface area contributed by atoms with Crippen molar-refractivity contribution < 1.29 is 37.9 Å². The highest BCUT2D eigenvalue weighted by Crippen LogP contribution is 2.35. The molecule has 0 saturated heterocycles. The van der Waals surface area contributed by atoms with Crippen molar-refractivity contribution in [2.45, 2.75) is 70.8 Å². The molecule has 0 aromatic heterocycles. The number of hydrogen-bond acceptors (Lipinski definition) is 6. The maximum atomic E-state index is 12.0. The fourth-order valence-corrected chi connectivity index (χ4v) is 2.78. The van der Waals surface area contributed by atoms with Crippen LogP contribution < -0.4 is 0 Å². The minimum Gasteiger partial charge on any atom is -0.456 e. The van der Waals surface area contributed by atoms with Gasteiger partial charge in [0.1, 0.15) is 6.61 Å². The zero-order chi connectivity index (χ0) is 25.5. The number of phosphoric ester groups is 1. The minimum atomic E-state index is -4.80. The summed E-state index contributed by atoms with van der Waals surface area (Å²) in [5, 5.41) is 0. The molecule has 1 atom stereocenters. The van der Waals surface area contributed by atoms with Crippen molar-refractivity contribution in [2.75, 3.05) is 13.2 Å². The Labute approximate surface area is 201 Å². The summed E-state index contributed by atoms with van der Waals surface area (Å²) in [6, 6.07) is 0. The van der Waals surface area contributed by atoms with E-state index in [4.69, 9.17) is 25.7 Å². The van der Waals surface area contributed by atoms with E-state index in [1.165, 1.54) is 25.7 Å². The van der Waals surface area contributed by atoms with Crippen molar-refractivity contribution in [3.63, 3.8) is 0 Å². The minimum absolute atomic E-state index is 0.136. The summed E-state index contributed by atoms with van der Waals surface area (Å²) in [6.45, 7) is 1.01. The molecular weight excluding hydrogens is 459 g/mol. The third-order valence-corrected chi connectivity index (χ3v) is 4.46. The number of rotatable bonds is 15. The van der Waals surface area contributed by atoms with E-state index in [0.29, 0.717) is 6.42 Å². The molecule has 8 nitrogen and oxygen atoms in total. The predicted molar refractivity (Wildman–Crippen MR) is 126 cm³/mol. The summed E-state index contributed by atoms with van der Waals surface area (Å²) in [5.41, 5.74) is 0. The molecule has 0 amide bonds. The van der Waals surface area contributed by atoms with Crippen molar-refractivity contribution >= 4 is 19.8 Å². The van der Waals surface area contributed by atoms with Crippen LogP contribution in [0.3, 0.4) is 0 Å². The summed E-state index contributed by atoms with van der Waals surface area (Å²) < 4.78 is 25.3. The molecule has 9 heteroatoms. The molecule has 0 fully saturated rings. The molecule has 0 saturated carbocycles. The SMILES string of the molecule is C#CC#CC#CC#CC#CC(=O)OC[C@H](COP(=O)(O)O)OC(=O)CCCCCCCCCC. The van der Waals surface area contributed by atoms with Gasteiger partial charge in [-0.15, -0.1) is 6.42 Å². The topological polar surface area (TPSA) is 119 Å². The zero-order valence-corrected chi connectivity index (χ0v) is 20.1. The van der Waals surface area contributed by atoms with E-state index in [9.17, 15) is 14.2 Å². The molecule has 0 aliphatic rings. The highest BCUT2D eigenvalue weighted by atomic mass is 31.2. The van der Waals surface area contributed by atoms with E-state index < -0.39 is 39.1 Å². The molecule has 0 aromatic carbocycles. The van der Waals surface area contributed by atoms with Gasteiger partial charge in [-0.2, -0.15) is 0 Å². The second-order valence-corrected chi connectivity index (χ2v) is 8.11. The quantitative estimate of drug-likeness (QED) is 0.119. The fourth-order valence-electron chi connectivity index (χ4n) is 2.42. The molecule has 0 aliphatic heterocycles. The first kappa shape index (κ1) is 30.8. The van der Waals surface area contributed by atoms with E-state index in [2.05, 4.69) is 64.7 Å². The van der Waals surface area contributed by atoms with Gasteiger partial charge in [-0.25, -0.2) is 9.36 Å². The van der Waals surface area contributed by atoms with Gasteiger partial charge >= 0.3 is 19.8 Å². The Morgan fingerprint density at radius 1 is 0.853 bits per heavy atom. The van der Waals surface area contributed by atoms with Crippen molar-refractivity contribution in [2.24, 2.45) is 0 Å². The van der Waals surface area contributed by atoms with Gasteiger partial charge in [0.2, 0.25) is 0 Å². The van der Waals surface area contributed by atoms with Gasteiger partial charge in [0.05, 0.1) is 6.61 Å². The van der Waals surface area contributed by atoms with Gasteiger partial charge in [0, 0.05) is 12.3 Å². The summed E-state index contributed by atoms with van der Waals surface area (Å²) in [4.78, 5) is 41.4. The third-order valence-electron chi connectivity index (χ3n) is 3.97. The predicted octanol–water partition coefficient (Wildman–Crippen LogP) is 2.73. The first-order chi connectivity index (χ1) is 16.3. The van der Waals surface area contributed by atoms with Crippen LogP contribution in [0.1, 0.15) is 64.7 Å². The Balaban J connectivity index is 4.52. The number of ether oxygens (including phenoxy) is 2. The Morgan fingerprint density at radius 3 is 2.00 bits per heavy atom. The van der Waals surface area contributed by atoms with E-state index in [1.54, 1.807) is 0 Å². The largest absolute Gasteiger partial charge is 0.469 e. The molecule has 0 spiro atoms. The molecule has 0 heterocycles. The average molecular weight is 488 g/mol. The van der Waals surface area contributed by atoms with Gasteiger partial charge in [-0.3, -0.25) is 9.32 Å². The second kappa shape index (κ2) is 20.5. The van der Waals surface area contributed by atoms with Gasteiger partial charge in [-0.05, 0) is 53.8 Å². The summed E-state index contributed by atoms with van der Waals surface area (Å²) in [6.07, 6.45) is 12.3. The van der Waals surface area contributed by atoms with Crippen molar-refractivity contribution in [3.8, 4) is 59.7 Å². The Hall–Kier alpha value is -3.15. The highest BCUT2D eigenvalue weighted by Gasteiger charge is 2.22. The number of carbonyl (C=O) groups excluding carboxylic acids is 2. The van der Waals surface area contributed by atoms with E-state index in [-0.39, 0.29) is 6.42 Å². The van der Waals surface area contributed by atoms with Gasteiger partial charge in [0.15, 0.2) is 6.10 Å². The average Bonchev–Trinajstić information content (AvgIpc) is 2.78. The lowest BCUT2D eigenvalue weighted by Crippen LogP contribution is -2.29. The number of esters is 2. The smallest absolute Gasteiger partial charge is 0.456 e. The van der Waals surface area contributed by atoms with Crippen LogP contribution in [0, 0.1) is 59.7 Å². The number of hydrogen-bond donors (Lipinski definition) is 2. The molecule has 0 bridgehead atoms. The summed E-state index contributed by atoms with van der Waals surface area (Å²) in [7, 11) is -4.80. The highest BCUT2D eigenvalue weighted by molar-refractivity contribution is 7.46. The zero-order valence-electron chi connectivity index (χ0n) is 19.2. The number of carbonyl (C=O) groups is 2. The first-order valence-corrected chi connectivity index (χ1v) is 12.3. The fraction of sp³-hybridized carbons (Fsp3) is 0.520. The second-order valence-electron chi connectivity index (χ2n) is 6.87. The van der Waals surface area contributed by atoms with Gasteiger partial charge in [0.25, 0.3) is 0 Å².